The van der Waals surface area contributed by atoms with Gasteiger partial charge in [-0.25, -0.2) is 0 Å². The number of nitrogens with one attached hydrogen (secondary N) is 2. The molecule has 1 aromatic carbocycles. The van der Waals surface area contributed by atoms with Crippen molar-refractivity contribution in [3.63, 3.8) is 0 Å². The molecule has 0 radical (unpaired) electrons. The lowest BCUT2D eigenvalue weighted by molar-refractivity contribution is 0.0930. The van der Waals surface area contributed by atoms with Crippen molar-refractivity contribution in [3.8, 4) is 0 Å². The topological polar surface area (TPSA) is 96.3 Å². The maximum atomic E-state index is 12.5. The highest BCUT2D eigenvalue weighted by atomic mass is 16.3. The molecule has 7 nitrogen and oxygen atoms in total. The van der Waals surface area contributed by atoms with Gasteiger partial charge >= 0.3 is 0 Å². The average Bonchev–Trinajstić information content (AvgIpc) is 3.06. The minimum Gasteiger partial charge on any atom is -0.393 e. The lowest BCUT2D eigenvalue weighted by Crippen LogP contribution is -2.29. The maximum Gasteiger partial charge on any atom is 0.271 e. The van der Waals surface area contributed by atoms with Gasteiger partial charge in [0.15, 0.2) is 5.69 Å². The number of rotatable bonds is 7. The van der Waals surface area contributed by atoms with Gasteiger partial charge in [-0.1, -0.05) is 30.3 Å². The Labute approximate surface area is 147 Å². The summed E-state index contributed by atoms with van der Waals surface area (Å²) in [7, 11) is 1.52. The summed E-state index contributed by atoms with van der Waals surface area (Å²) in [5.41, 5.74) is 1.47. The highest BCUT2D eigenvalue weighted by Gasteiger charge is 2.22. The van der Waals surface area contributed by atoms with Crippen LogP contribution in [-0.2, 0) is 0 Å². The van der Waals surface area contributed by atoms with E-state index in [9.17, 15) is 14.7 Å². The van der Waals surface area contributed by atoms with Gasteiger partial charge in [0, 0.05) is 19.7 Å². The fraction of sp³-hybridized carbons (Fsp3) is 0.389. The molecule has 3 N–H and O–H groups in total. The van der Waals surface area contributed by atoms with E-state index in [0.29, 0.717) is 18.7 Å². The van der Waals surface area contributed by atoms with Crippen molar-refractivity contribution >= 4 is 11.8 Å². The molecular formula is C18H24N4O3. The molecule has 134 valence electrons. The van der Waals surface area contributed by atoms with Crippen LogP contribution in [0.5, 0.6) is 0 Å². The van der Waals surface area contributed by atoms with Crippen LogP contribution in [0.3, 0.4) is 0 Å². The fourth-order valence-electron chi connectivity index (χ4n) is 2.46. The summed E-state index contributed by atoms with van der Waals surface area (Å²) >= 11 is 0. The number of aliphatic hydroxyl groups is 1. The van der Waals surface area contributed by atoms with Gasteiger partial charge in [0.25, 0.3) is 11.8 Å². The number of benzene rings is 1. The van der Waals surface area contributed by atoms with Crippen molar-refractivity contribution in [2.45, 2.75) is 32.4 Å². The molecule has 0 aliphatic heterocycles. The fourth-order valence-corrected chi connectivity index (χ4v) is 2.46. The summed E-state index contributed by atoms with van der Waals surface area (Å²) in [6.07, 6.45) is -0.0361. The van der Waals surface area contributed by atoms with Gasteiger partial charge in [0.1, 0.15) is 5.69 Å². The molecule has 2 atom stereocenters. The summed E-state index contributed by atoms with van der Waals surface area (Å²) in [5.74, 6) is -0.678. The van der Waals surface area contributed by atoms with E-state index in [1.165, 1.54) is 13.1 Å². The first-order valence-corrected chi connectivity index (χ1v) is 8.27. The van der Waals surface area contributed by atoms with Crippen LogP contribution in [-0.4, -0.2) is 46.4 Å². The predicted octanol–water partition coefficient (Wildman–Crippen LogP) is 1.35. The third-order valence-electron chi connectivity index (χ3n) is 3.92. The first kappa shape index (κ1) is 18.7. The van der Waals surface area contributed by atoms with Crippen LogP contribution in [0.1, 0.15) is 52.9 Å². The van der Waals surface area contributed by atoms with Gasteiger partial charge in [-0.05, 0) is 25.8 Å². The van der Waals surface area contributed by atoms with Crippen molar-refractivity contribution in [2.24, 2.45) is 0 Å². The van der Waals surface area contributed by atoms with Crippen LogP contribution >= 0.6 is 0 Å². The summed E-state index contributed by atoms with van der Waals surface area (Å²) in [6.45, 7) is 3.93. The van der Waals surface area contributed by atoms with Crippen LogP contribution in [0.15, 0.2) is 36.4 Å². The minimum absolute atomic E-state index is 0.186. The van der Waals surface area contributed by atoms with Crippen molar-refractivity contribution in [1.82, 2.24) is 20.4 Å². The molecule has 2 amide bonds. The van der Waals surface area contributed by atoms with Crippen LogP contribution in [0, 0.1) is 0 Å². The lowest BCUT2D eigenvalue weighted by atomic mass is 10.1. The van der Waals surface area contributed by atoms with Crippen LogP contribution < -0.4 is 10.6 Å². The normalized spacial score (nSPS) is 13.1. The Bertz CT molecular complexity index is 725. The molecule has 1 unspecified atom stereocenters. The van der Waals surface area contributed by atoms with E-state index in [-0.39, 0.29) is 23.6 Å². The number of nitrogens with zero attached hydrogens (tertiary/aromatic N) is 2. The smallest absolute Gasteiger partial charge is 0.271 e. The molecule has 0 aliphatic carbocycles. The van der Waals surface area contributed by atoms with E-state index in [1.807, 2.05) is 37.3 Å². The average molecular weight is 344 g/mol. The number of carbonyl (C=O) groups is 2. The summed E-state index contributed by atoms with van der Waals surface area (Å²) in [6, 6.07) is 10.9. The van der Waals surface area contributed by atoms with Gasteiger partial charge in [0.05, 0.1) is 12.1 Å². The van der Waals surface area contributed by atoms with E-state index >= 15 is 0 Å². The predicted molar refractivity (Wildman–Crippen MR) is 94.5 cm³/mol. The quantitative estimate of drug-likeness (QED) is 0.706. The summed E-state index contributed by atoms with van der Waals surface area (Å²) in [5, 5.41) is 18.9. The van der Waals surface area contributed by atoms with Crippen molar-refractivity contribution in [2.75, 3.05) is 13.6 Å². The lowest BCUT2D eigenvalue weighted by Gasteiger charge is -2.16. The maximum absolute atomic E-state index is 12.5. The number of carbonyl (C=O) groups excluding carboxylic acids is 2. The van der Waals surface area contributed by atoms with Crippen molar-refractivity contribution in [3.05, 3.63) is 53.3 Å². The second-order valence-corrected chi connectivity index (χ2v) is 5.92. The third-order valence-corrected chi connectivity index (χ3v) is 3.92. The van der Waals surface area contributed by atoms with Gasteiger partial charge < -0.3 is 15.7 Å². The molecule has 0 fully saturated rings. The number of aromatic nitrogens is 2. The Hall–Kier alpha value is -2.67. The van der Waals surface area contributed by atoms with Crippen LogP contribution in [0.4, 0.5) is 0 Å². The Morgan fingerprint density at radius 3 is 2.48 bits per heavy atom. The third kappa shape index (κ3) is 4.67. The molecule has 1 aromatic heterocycles. The van der Waals surface area contributed by atoms with Gasteiger partial charge in [-0.2, -0.15) is 5.10 Å². The molecule has 2 rings (SSSR count). The van der Waals surface area contributed by atoms with Gasteiger partial charge in [-0.3, -0.25) is 14.3 Å². The molecule has 1 heterocycles. The van der Waals surface area contributed by atoms with Crippen molar-refractivity contribution < 1.29 is 14.7 Å². The van der Waals surface area contributed by atoms with Gasteiger partial charge in [0.2, 0.25) is 0 Å². The van der Waals surface area contributed by atoms with Crippen LogP contribution in [0.2, 0.25) is 0 Å². The van der Waals surface area contributed by atoms with Gasteiger partial charge in [-0.15, -0.1) is 0 Å². The molecule has 2 aromatic rings. The summed E-state index contributed by atoms with van der Waals surface area (Å²) < 4.78 is 1.55. The second-order valence-electron chi connectivity index (χ2n) is 5.92. The zero-order valence-electron chi connectivity index (χ0n) is 14.7. The first-order chi connectivity index (χ1) is 11.9. The Balaban J connectivity index is 2.31. The molecule has 7 heteroatoms. The first-order valence-electron chi connectivity index (χ1n) is 8.27. The Kier molecular flexibility index (Phi) is 6.30. The Morgan fingerprint density at radius 1 is 1.20 bits per heavy atom. The second kappa shape index (κ2) is 8.43. The molecule has 25 heavy (non-hydrogen) atoms. The molecule has 0 saturated carbocycles. The highest BCUT2D eigenvalue weighted by molar-refractivity contribution is 5.97. The molecule has 0 saturated heterocycles. The standard InChI is InChI=1S/C18H24N4O3/c1-12(23)9-10-20-18(25)16-11-15(17(24)19-3)21-22(16)13(2)14-7-5-4-6-8-14/h4-8,11-13,23H,9-10H2,1-3H3,(H,19,24)(H,20,25)/t12?,13-/m0/s1. The zero-order chi connectivity index (χ0) is 18.4. The number of aliphatic hydroxyl groups excluding tert-OH is 1. The highest BCUT2D eigenvalue weighted by Crippen LogP contribution is 2.20. The Morgan fingerprint density at radius 2 is 1.88 bits per heavy atom. The van der Waals surface area contributed by atoms with E-state index in [4.69, 9.17) is 0 Å². The minimum atomic E-state index is -0.491. The van der Waals surface area contributed by atoms with E-state index < -0.39 is 6.10 Å². The molecule has 0 aliphatic rings. The molecule has 0 bridgehead atoms. The summed E-state index contributed by atoms with van der Waals surface area (Å²) in [4.78, 5) is 24.4. The molecule has 0 spiro atoms. The zero-order valence-corrected chi connectivity index (χ0v) is 14.7. The van der Waals surface area contributed by atoms with E-state index in [0.717, 1.165) is 5.56 Å². The number of hydrogen-bond donors (Lipinski definition) is 3. The number of hydrogen-bond acceptors (Lipinski definition) is 4. The largest absolute Gasteiger partial charge is 0.393 e. The van der Waals surface area contributed by atoms with Crippen LogP contribution in [0.25, 0.3) is 0 Å². The SMILES string of the molecule is CNC(=O)c1cc(C(=O)NCCC(C)O)n([C@@H](C)c2ccccc2)n1. The van der Waals surface area contributed by atoms with E-state index in [2.05, 4.69) is 15.7 Å². The van der Waals surface area contributed by atoms with Crippen molar-refractivity contribution in [1.29, 1.82) is 0 Å². The monoisotopic (exact) mass is 344 g/mol. The molecular weight excluding hydrogens is 320 g/mol. The number of amides is 2. The van der Waals surface area contributed by atoms with E-state index in [1.54, 1.807) is 11.6 Å².